The molecule has 0 saturated carbocycles. The van der Waals surface area contributed by atoms with Crippen molar-refractivity contribution >= 4 is 38.7 Å². The van der Waals surface area contributed by atoms with Gasteiger partial charge in [-0.05, 0) is 24.3 Å². The molecule has 0 radical (unpaired) electrons. The quantitative estimate of drug-likeness (QED) is 0.595. The third-order valence-corrected chi connectivity index (χ3v) is 4.40. The molecule has 0 aliphatic carbocycles. The predicted molar refractivity (Wildman–Crippen MR) is 101 cm³/mol. The van der Waals surface area contributed by atoms with Crippen molar-refractivity contribution in [1.29, 1.82) is 0 Å². The molecular formula is C19H18BrN3O2. The summed E-state index contributed by atoms with van der Waals surface area (Å²) in [6.45, 7) is 0.491. The average Bonchev–Trinajstić information content (AvgIpc) is 3.03. The van der Waals surface area contributed by atoms with Crippen LogP contribution < -0.4 is 5.32 Å². The number of imidazole rings is 1. The Bertz CT molecular complexity index is 854. The van der Waals surface area contributed by atoms with Crippen LogP contribution in [0.25, 0.3) is 11.0 Å². The van der Waals surface area contributed by atoms with E-state index >= 15 is 0 Å². The van der Waals surface area contributed by atoms with Crippen LogP contribution in [0.2, 0.25) is 0 Å². The molecular weight excluding hydrogens is 382 g/mol. The second-order valence-electron chi connectivity index (χ2n) is 5.73. The van der Waals surface area contributed by atoms with Crippen LogP contribution in [0.1, 0.15) is 29.0 Å². The Kier molecular flexibility index (Phi) is 5.60. The van der Waals surface area contributed by atoms with Gasteiger partial charge in [-0.25, -0.2) is 4.98 Å². The van der Waals surface area contributed by atoms with Crippen molar-refractivity contribution < 1.29 is 9.59 Å². The van der Waals surface area contributed by atoms with Crippen LogP contribution in [0.3, 0.4) is 0 Å². The Hall–Kier alpha value is -2.47. The van der Waals surface area contributed by atoms with Crippen molar-refractivity contribution in [2.24, 2.45) is 0 Å². The van der Waals surface area contributed by atoms with Crippen LogP contribution in [0.5, 0.6) is 0 Å². The van der Waals surface area contributed by atoms with Crippen molar-refractivity contribution in [3.05, 3.63) is 64.4 Å². The maximum absolute atomic E-state index is 12.0. The largest absolute Gasteiger partial charge is 0.356 e. The summed E-state index contributed by atoms with van der Waals surface area (Å²) in [6, 6.07) is 15.0. The number of nitrogens with zero attached hydrogens (tertiary/aromatic N) is 1. The second-order valence-corrected chi connectivity index (χ2v) is 6.65. The van der Waals surface area contributed by atoms with Crippen molar-refractivity contribution in [2.75, 3.05) is 6.54 Å². The summed E-state index contributed by atoms with van der Waals surface area (Å²) in [5.41, 5.74) is 2.53. The van der Waals surface area contributed by atoms with E-state index in [2.05, 4.69) is 31.2 Å². The van der Waals surface area contributed by atoms with E-state index in [9.17, 15) is 9.59 Å². The van der Waals surface area contributed by atoms with Gasteiger partial charge in [-0.2, -0.15) is 0 Å². The number of carbonyl (C=O) groups excluding carboxylic acids is 2. The molecule has 1 amide bonds. The molecule has 2 aromatic carbocycles. The number of para-hydroxylation sites is 2. The summed E-state index contributed by atoms with van der Waals surface area (Å²) >= 11 is 3.33. The van der Waals surface area contributed by atoms with Gasteiger partial charge in [0.05, 0.1) is 11.0 Å². The smallest absolute Gasteiger partial charge is 0.220 e. The molecule has 1 heterocycles. The number of amides is 1. The number of benzene rings is 2. The third kappa shape index (κ3) is 4.76. The van der Waals surface area contributed by atoms with E-state index in [1.54, 1.807) is 12.1 Å². The van der Waals surface area contributed by atoms with Gasteiger partial charge in [0.2, 0.25) is 5.91 Å². The number of ketones is 1. The van der Waals surface area contributed by atoms with Crippen LogP contribution in [-0.2, 0) is 11.2 Å². The summed E-state index contributed by atoms with van der Waals surface area (Å²) in [4.78, 5) is 31.6. The highest BCUT2D eigenvalue weighted by molar-refractivity contribution is 9.10. The minimum absolute atomic E-state index is 0.0278. The third-order valence-electron chi connectivity index (χ3n) is 3.87. The van der Waals surface area contributed by atoms with Crippen LogP contribution in [0, 0.1) is 0 Å². The van der Waals surface area contributed by atoms with Gasteiger partial charge in [0, 0.05) is 35.8 Å². The van der Waals surface area contributed by atoms with E-state index in [4.69, 9.17) is 0 Å². The fourth-order valence-electron chi connectivity index (χ4n) is 2.54. The first-order valence-electron chi connectivity index (χ1n) is 8.11. The molecule has 2 N–H and O–H groups in total. The maximum atomic E-state index is 12.0. The van der Waals surface area contributed by atoms with Gasteiger partial charge in [-0.3, -0.25) is 9.59 Å². The molecule has 0 saturated heterocycles. The minimum Gasteiger partial charge on any atom is -0.356 e. The number of hydrogen-bond donors (Lipinski definition) is 2. The number of H-pyrrole nitrogens is 1. The van der Waals surface area contributed by atoms with E-state index in [1.165, 1.54) is 0 Å². The number of hydrogen-bond acceptors (Lipinski definition) is 3. The van der Waals surface area contributed by atoms with Gasteiger partial charge in [0.25, 0.3) is 0 Å². The first-order valence-corrected chi connectivity index (χ1v) is 8.90. The van der Waals surface area contributed by atoms with Crippen molar-refractivity contribution in [2.45, 2.75) is 19.3 Å². The van der Waals surface area contributed by atoms with E-state index in [-0.39, 0.29) is 24.5 Å². The zero-order chi connectivity index (χ0) is 17.6. The van der Waals surface area contributed by atoms with Crippen molar-refractivity contribution in [3.63, 3.8) is 0 Å². The standard InChI is InChI=1S/C19H18BrN3O2/c20-14-7-5-13(6-8-14)17(24)9-10-19(25)21-12-11-18-22-15-3-1-2-4-16(15)23-18/h1-8H,9-12H2,(H,21,25)(H,22,23). The highest BCUT2D eigenvalue weighted by Gasteiger charge is 2.09. The molecule has 0 fully saturated rings. The molecule has 0 aliphatic heterocycles. The molecule has 128 valence electrons. The van der Waals surface area contributed by atoms with Crippen molar-refractivity contribution in [3.8, 4) is 0 Å². The van der Waals surface area contributed by atoms with Crippen LogP contribution >= 0.6 is 15.9 Å². The lowest BCUT2D eigenvalue weighted by Crippen LogP contribution is -2.26. The van der Waals surface area contributed by atoms with Crippen molar-refractivity contribution in [1.82, 2.24) is 15.3 Å². The molecule has 3 rings (SSSR count). The number of Topliss-reactive ketones (excluding diaryl/α,β-unsaturated/α-hetero) is 1. The fraction of sp³-hybridized carbons (Fsp3) is 0.211. The predicted octanol–water partition coefficient (Wildman–Crippen LogP) is 3.65. The summed E-state index contributed by atoms with van der Waals surface area (Å²) in [6.07, 6.45) is 1.02. The second kappa shape index (κ2) is 8.07. The number of carbonyl (C=O) groups is 2. The van der Waals surface area contributed by atoms with Crippen LogP contribution in [0.4, 0.5) is 0 Å². The summed E-state index contributed by atoms with van der Waals surface area (Å²) in [7, 11) is 0. The van der Waals surface area contributed by atoms with E-state index in [0.717, 1.165) is 21.3 Å². The SMILES string of the molecule is O=C(CCC(=O)c1ccc(Br)cc1)NCCc1nc2ccccc2[nH]1. The number of halogens is 1. The summed E-state index contributed by atoms with van der Waals surface area (Å²) in [5, 5.41) is 2.83. The van der Waals surface area contributed by atoms with Gasteiger partial charge in [0.1, 0.15) is 5.82 Å². The number of fused-ring (bicyclic) bond motifs is 1. The Labute approximate surface area is 154 Å². The Morgan fingerprint density at radius 2 is 1.80 bits per heavy atom. The maximum Gasteiger partial charge on any atom is 0.220 e. The average molecular weight is 400 g/mol. The van der Waals surface area contributed by atoms with Crippen LogP contribution in [0.15, 0.2) is 53.0 Å². The first-order chi connectivity index (χ1) is 12.1. The molecule has 6 heteroatoms. The first kappa shape index (κ1) is 17.4. The lowest BCUT2D eigenvalue weighted by molar-refractivity contribution is -0.121. The number of nitrogens with one attached hydrogen (secondary N) is 2. The highest BCUT2D eigenvalue weighted by atomic mass is 79.9. The molecule has 0 aliphatic rings. The molecule has 0 bridgehead atoms. The molecule has 5 nitrogen and oxygen atoms in total. The lowest BCUT2D eigenvalue weighted by atomic mass is 10.1. The van der Waals surface area contributed by atoms with Crippen LogP contribution in [-0.4, -0.2) is 28.2 Å². The molecule has 0 spiro atoms. The molecule has 0 atom stereocenters. The zero-order valence-corrected chi connectivity index (χ0v) is 15.2. The summed E-state index contributed by atoms with van der Waals surface area (Å²) < 4.78 is 0.924. The normalized spacial score (nSPS) is 10.8. The fourth-order valence-corrected chi connectivity index (χ4v) is 2.80. The molecule has 0 unspecified atom stereocenters. The Morgan fingerprint density at radius 3 is 2.56 bits per heavy atom. The monoisotopic (exact) mass is 399 g/mol. The minimum atomic E-state index is -0.124. The topological polar surface area (TPSA) is 74.8 Å². The van der Waals surface area contributed by atoms with E-state index in [0.29, 0.717) is 18.5 Å². The summed E-state index contributed by atoms with van der Waals surface area (Å²) in [5.74, 6) is 0.689. The van der Waals surface area contributed by atoms with Gasteiger partial charge < -0.3 is 10.3 Å². The molecule has 1 aromatic heterocycles. The van der Waals surface area contributed by atoms with Gasteiger partial charge in [-0.15, -0.1) is 0 Å². The number of aromatic amines is 1. The number of rotatable bonds is 7. The van der Waals surface area contributed by atoms with Gasteiger partial charge >= 0.3 is 0 Å². The zero-order valence-electron chi connectivity index (χ0n) is 13.6. The van der Waals surface area contributed by atoms with Gasteiger partial charge in [-0.1, -0.05) is 40.2 Å². The molecule has 25 heavy (non-hydrogen) atoms. The van der Waals surface area contributed by atoms with E-state index < -0.39 is 0 Å². The lowest BCUT2D eigenvalue weighted by Gasteiger charge is -2.04. The Morgan fingerprint density at radius 1 is 1.04 bits per heavy atom. The van der Waals surface area contributed by atoms with Gasteiger partial charge in [0.15, 0.2) is 5.78 Å². The number of aromatic nitrogens is 2. The van der Waals surface area contributed by atoms with E-state index in [1.807, 2.05) is 36.4 Å². The molecule has 3 aromatic rings. The highest BCUT2D eigenvalue weighted by Crippen LogP contribution is 2.13. The Balaban J connectivity index is 1.42.